The fraction of sp³-hybridized carbons (Fsp3) is 0.455. The van der Waals surface area contributed by atoms with Crippen LogP contribution in [0.15, 0.2) is 21.5 Å². The Balaban J connectivity index is 0.00000361. The van der Waals surface area contributed by atoms with E-state index in [-0.39, 0.29) is 29.5 Å². The van der Waals surface area contributed by atoms with E-state index in [2.05, 4.69) is 26.0 Å². The van der Waals surface area contributed by atoms with Gasteiger partial charge in [-0.3, -0.25) is 0 Å². The summed E-state index contributed by atoms with van der Waals surface area (Å²) in [5, 5.41) is 3.00. The molecule has 0 unspecified atom stereocenters. The van der Waals surface area contributed by atoms with E-state index >= 15 is 0 Å². The van der Waals surface area contributed by atoms with Crippen LogP contribution in [0, 0.1) is 11.6 Å². The van der Waals surface area contributed by atoms with E-state index in [9.17, 15) is 17.2 Å². The van der Waals surface area contributed by atoms with Gasteiger partial charge in [0.15, 0.2) is 0 Å². The summed E-state index contributed by atoms with van der Waals surface area (Å²) in [6.45, 7) is 4.44. The largest absolute Gasteiger partial charge is 0.313 e. The highest BCUT2D eigenvalue weighted by atomic mass is 79.9. The molecule has 1 atom stereocenters. The maximum atomic E-state index is 13.6. The molecule has 20 heavy (non-hydrogen) atoms. The SMILES string of the molecule is CCN[C@H](C)CNS(=O)(=O)c1cc(F)c(Br)cc1F.Cl. The third-order valence-electron chi connectivity index (χ3n) is 2.40. The van der Waals surface area contributed by atoms with Crippen molar-refractivity contribution in [2.24, 2.45) is 0 Å². The molecule has 0 radical (unpaired) electrons. The lowest BCUT2D eigenvalue weighted by molar-refractivity contribution is 0.523. The molecule has 0 aromatic heterocycles. The number of halogens is 4. The number of likely N-dealkylation sites (N-methyl/N-ethyl adjacent to an activating group) is 1. The molecule has 0 aliphatic carbocycles. The van der Waals surface area contributed by atoms with E-state index in [0.717, 1.165) is 6.07 Å². The highest BCUT2D eigenvalue weighted by Gasteiger charge is 2.21. The Hall–Kier alpha value is -0.280. The number of sulfonamides is 1. The van der Waals surface area contributed by atoms with Crippen molar-refractivity contribution in [2.75, 3.05) is 13.1 Å². The van der Waals surface area contributed by atoms with Gasteiger partial charge in [-0.1, -0.05) is 6.92 Å². The molecule has 0 fully saturated rings. The van der Waals surface area contributed by atoms with E-state index < -0.39 is 26.6 Å². The summed E-state index contributed by atoms with van der Waals surface area (Å²) in [6, 6.07) is 1.33. The molecular weight excluding hydrogens is 378 g/mol. The molecule has 1 aromatic carbocycles. The molecule has 4 nitrogen and oxygen atoms in total. The average Bonchev–Trinajstić information content (AvgIpc) is 2.31. The molecule has 0 spiro atoms. The number of benzene rings is 1. The Bertz CT molecular complexity index is 558. The predicted molar refractivity (Wildman–Crippen MR) is 79.6 cm³/mol. The Morgan fingerprint density at radius 2 is 1.90 bits per heavy atom. The minimum Gasteiger partial charge on any atom is -0.313 e. The first-order chi connectivity index (χ1) is 8.77. The van der Waals surface area contributed by atoms with Gasteiger partial charge in [0.05, 0.1) is 4.47 Å². The molecule has 0 heterocycles. The van der Waals surface area contributed by atoms with E-state index in [1.54, 1.807) is 6.92 Å². The smallest absolute Gasteiger partial charge is 0.243 e. The lowest BCUT2D eigenvalue weighted by Crippen LogP contribution is -2.39. The van der Waals surface area contributed by atoms with E-state index in [4.69, 9.17) is 0 Å². The molecule has 0 aliphatic rings. The third kappa shape index (κ3) is 5.25. The van der Waals surface area contributed by atoms with Crippen LogP contribution in [0.1, 0.15) is 13.8 Å². The molecule has 1 rings (SSSR count). The van der Waals surface area contributed by atoms with Gasteiger partial charge in [0, 0.05) is 12.6 Å². The van der Waals surface area contributed by atoms with Crippen LogP contribution in [-0.2, 0) is 10.0 Å². The van der Waals surface area contributed by atoms with Crippen LogP contribution in [0.2, 0.25) is 0 Å². The highest BCUT2D eigenvalue weighted by Crippen LogP contribution is 2.22. The predicted octanol–water partition coefficient (Wildman–Crippen LogP) is 2.43. The molecule has 0 aliphatic heterocycles. The quantitative estimate of drug-likeness (QED) is 0.730. The van der Waals surface area contributed by atoms with Crippen molar-refractivity contribution in [3.05, 3.63) is 28.2 Å². The number of hydrogen-bond donors (Lipinski definition) is 2. The van der Waals surface area contributed by atoms with Gasteiger partial charge in [-0.25, -0.2) is 21.9 Å². The van der Waals surface area contributed by atoms with E-state index in [1.165, 1.54) is 0 Å². The van der Waals surface area contributed by atoms with Crippen molar-refractivity contribution >= 4 is 38.4 Å². The van der Waals surface area contributed by atoms with E-state index in [0.29, 0.717) is 12.6 Å². The van der Waals surface area contributed by atoms with Crippen molar-refractivity contribution < 1.29 is 17.2 Å². The zero-order valence-corrected chi connectivity index (χ0v) is 14.1. The van der Waals surface area contributed by atoms with Gasteiger partial charge in [-0.05, 0) is 41.5 Å². The van der Waals surface area contributed by atoms with Crippen molar-refractivity contribution in [1.29, 1.82) is 0 Å². The molecule has 0 saturated heterocycles. The molecule has 0 amide bonds. The first-order valence-corrected chi connectivity index (χ1v) is 7.93. The Morgan fingerprint density at radius 3 is 2.45 bits per heavy atom. The minimum absolute atomic E-state index is 0. The van der Waals surface area contributed by atoms with Crippen LogP contribution < -0.4 is 10.0 Å². The second kappa shape index (κ2) is 8.23. The lowest BCUT2D eigenvalue weighted by Gasteiger charge is -2.14. The number of nitrogens with one attached hydrogen (secondary N) is 2. The van der Waals surface area contributed by atoms with Crippen molar-refractivity contribution in [3.63, 3.8) is 0 Å². The third-order valence-corrected chi connectivity index (χ3v) is 4.44. The van der Waals surface area contributed by atoms with Gasteiger partial charge in [-0.15, -0.1) is 12.4 Å². The van der Waals surface area contributed by atoms with Crippen molar-refractivity contribution in [3.8, 4) is 0 Å². The summed E-state index contributed by atoms with van der Waals surface area (Å²) in [5.41, 5.74) is 0. The Labute approximate surface area is 131 Å². The number of hydrogen-bond acceptors (Lipinski definition) is 3. The molecule has 0 saturated carbocycles. The van der Waals surface area contributed by atoms with E-state index in [1.807, 2.05) is 6.92 Å². The molecular formula is C11H16BrClF2N2O2S. The standard InChI is InChI=1S/C11H15BrF2N2O2S.ClH/c1-3-15-7(2)6-16-19(17,18)11-5-9(13)8(12)4-10(11)14;/h4-5,7,15-16H,3,6H2,1-2H3;1H/t7-;/m1./s1. The van der Waals surface area contributed by atoms with Crippen LogP contribution in [0.4, 0.5) is 8.78 Å². The Morgan fingerprint density at radius 1 is 1.30 bits per heavy atom. The first-order valence-electron chi connectivity index (χ1n) is 5.65. The van der Waals surface area contributed by atoms with Crippen molar-refractivity contribution in [2.45, 2.75) is 24.8 Å². The summed E-state index contributed by atoms with van der Waals surface area (Å²) in [5.74, 6) is -1.83. The van der Waals surface area contributed by atoms with Crippen LogP contribution in [-0.4, -0.2) is 27.5 Å². The summed E-state index contributed by atoms with van der Waals surface area (Å²) < 4.78 is 52.7. The van der Waals surface area contributed by atoms with Crippen LogP contribution in [0.5, 0.6) is 0 Å². The van der Waals surface area contributed by atoms with Gasteiger partial charge in [-0.2, -0.15) is 0 Å². The summed E-state index contributed by atoms with van der Waals surface area (Å²) in [7, 11) is -4.07. The first kappa shape index (κ1) is 19.7. The fourth-order valence-corrected chi connectivity index (χ4v) is 2.96. The normalized spacial score (nSPS) is 12.8. The van der Waals surface area contributed by atoms with Gasteiger partial charge < -0.3 is 5.32 Å². The summed E-state index contributed by atoms with van der Waals surface area (Å²) >= 11 is 2.79. The van der Waals surface area contributed by atoms with Gasteiger partial charge in [0.1, 0.15) is 16.5 Å². The second-order valence-corrected chi connectivity index (χ2v) is 6.60. The van der Waals surface area contributed by atoms with Crippen LogP contribution in [0.3, 0.4) is 0 Å². The maximum absolute atomic E-state index is 13.6. The minimum atomic E-state index is -4.07. The van der Waals surface area contributed by atoms with Gasteiger partial charge in [0.2, 0.25) is 10.0 Å². The molecule has 2 N–H and O–H groups in total. The Kier molecular flexibility index (Phi) is 8.12. The van der Waals surface area contributed by atoms with Gasteiger partial charge >= 0.3 is 0 Å². The van der Waals surface area contributed by atoms with Crippen LogP contribution >= 0.6 is 28.3 Å². The maximum Gasteiger partial charge on any atom is 0.243 e. The highest BCUT2D eigenvalue weighted by molar-refractivity contribution is 9.10. The zero-order valence-electron chi connectivity index (χ0n) is 10.9. The second-order valence-electron chi connectivity index (χ2n) is 4.01. The van der Waals surface area contributed by atoms with Crippen LogP contribution in [0.25, 0.3) is 0 Å². The monoisotopic (exact) mass is 392 g/mol. The number of rotatable bonds is 6. The fourth-order valence-electron chi connectivity index (χ4n) is 1.44. The molecule has 9 heteroatoms. The molecule has 1 aromatic rings. The van der Waals surface area contributed by atoms with Crippen molar-refractivity contribution in [1.82, 2.24) is 10.0 Å². The molecule has 116 valence electrons. The summed E-state index contributed by atoms with van der Waals surface area (Å²) in [6.07, 6.45) is 0. The molecule has 0 bridgehead atoms. The average molecular weight is 394 g/mol. The summed E-state index contributed by atoms with van der Waals surface area (Å²) in [4.78, 5) is -0.697. The topological polar surface area (TPSA) is 58.2 Å². The zero-order chi connectivity index (χ0) is 14.6. The van der Waals surface area contributed by atoms with Gasteiger partial charge in [0.25, 0.3) is 0 Å². The lowest BCUT2D eigenvalue weighted by atomic mass is 10.3.